The van der Waals surface area contributed by atoms with Gasteiger partial charge in [-0.2, -0.15) is 4.98 Å². The molecular weight excluding hydrogens is 257 g/mol. The molecule has 2 aromatic rings. The average Bonchev–Trinajstić information content (AvgIpc) is 2.40. The normalized spacial score (nSPS) is 10.4. The van der Waals surface area contributed by atoms with Crippen molar-refractivity contribution in [1.29, 1.82) is 0 Å². The van der Waals surface area contributed by atoms with Crippen molar-refractivity contribution >= 4 is 5.95 Å². The monoisotopic (exact) mass is 275 g/mol. The van der Waals surface area contributed by atoms with Gasteiger partial charge in [0.25, 0.3) is 0 Å². The molecule has 106 valence electrons. The Hall–Kier alpha value is -2.17. The third-order valence-electron chi connectivity index (χ3n) is 3.02. The fourth-order valence-electron chi connectivity index (χ4n) is 1.97. The van der Waals surface area contributed by atoms with Crippen LogP contribution in [0, 0.1) is 19.7 Å². The number of ether oxygens (including phenoxy) is 1. The summed E-state index contributed by atoms with van der Waals surface area (Å²) < 4.78 is 18.1. The Bertz CT molecular complexity index is 602. The third-order valence-corrected chi connectivity index (χ3v) is 3.02. The van der Waals surface area contributed by atoms with Gasteiger partial charge in [-0.15, -0.1) is 0 Å². The van der Waals surface area contributed by atoms with Gasteiger partial charge in [0, 0.05) is 18.3 Å². The molecule has 0 saturated heterocycles. The fourth-order valence-corrected chi connectivity index (χ4v) is 1.97. The number of nitrogens with zero attached hydrogens (tertiary/aromatic N) is 2. The van der Waals surface area contributed by atoms with Gasteiger partial charge in [-0.3, -0.25) is 0 Å². The molecule has 0 amide bonds. The average molecular weight is 275 g/mol. The predicted molar refractivity (Wildman–Crippen MR) is 76.7 cm³/mol. The quantitative estimate of drug-likeness (QED) is 0.911. The van der Waals surface area contributed by atoms with Crippen LogP contribution in [0.2, 0.25) is 0 Å². The molecular formula is C15H18FN3O. The topological polar surface area (TPSA) is 47.0 Å². The van der Waals surface area contributed by atoms with Crippen LogP contribution in [0.1, 0.15) is 16.8 Å². The molecule has 0 bridgehead atoms. The molecule has 0 aliphatic carbocycles. The zero-order valence-electron chi connectivity index (χ0n) is 11.9. The summed E-state index contributed by atoms with van der Waals surface area (Å²) in [5, 5.41) is 3.15. The molecule has 5 heteroatoms. The van der Waals surface area contributed by atoms with Crippen LogP contribution in [0.3, 0.4) is 0 Å². The van der Waals surface area contributed by atoms with E-state index in [9.17, 15) is 4.39 Å². The van der Waals surface area contributed by atoms with Crippen molar-refractivity contribution in [2.75, 3.05) is 19.0 Å². The van der Waals surface area contributed by atoms with Crippen molar-refractivity contribution in [2.24, 2.45) is 0 Å². The van der Waals surface area contributed by atoms with Gasteiger partial charge in [0.05, 0.1) is 7.11 Å². The Labute approximate surface area is 118 Å². The maximum atomic E-state index is 13.0. The molecule has 0 aliphatic heterocycles. The van der Waals surface area contributed by atoms with E-state index in [-0.39, 0.29) is 5.82 Å². The van der Waals surface area contributed by atoms with Crippen LogP contribution < -0.4 is 10.1 Å². The first-order chi connectivity index (χ1) is 9.58. The smallest absolute Gasteiger partial charge is 0.226 e. The van der Waals surface area contributed by atoms with Gasteiger partial charge >= 0.3 is 0 Å². The molecule has 1 aromatic carbocycles. The maximum Gasteiger partial charge on any atom is 0.226 e. The van der Waals surface area contributed by atoms with Gasteiger partial charge in [-0.25, -0.2) is 9.37 Å². The number of benzene rings is 1. The van der Waals surface area contributed by atoms with E-state index in [2.05, 4.69) is 15.3 Å². The number of anilines is 1. The molecule has 0 atom stereocenters. The van der Waals surface area contributed by atoms with Crippen molar-refractivity contribution in [3.8, 4) is 5.88 Å². The Balaban J connectivity index is 1.97. The number of aryl methyl sites for hydroxylation is 2. The number of hydrogen-bond donors (Lipinski definition) is 1. The van der Waals surface area contributed by atoms with E-state index in [4.69, 9.17) is 4.74 Å². The minimum Gasteiger partial charge on any atom is -0.481 e. The predicted octanol–water partition coefficient (Wildman–Crippen LogP) is 2.90. The summed E-state index contributed by atoms with van der Waals surface area (Å²) >= 11 is 0. The highest BCUT2D eigenvalue weighted by Gasteiger charge is 2.03. The number of methoxy groups -OCH3 is 1. The van der Waals surface area contributed by atoms with Crippen LogP contribution in [-0.2, 0) is 6.42 Å². The molecule has 20 heavy (non-hydrogen) atoms. The van der Waals surface area contributed by atoms with E-state index < -0.39 is 0 Å². The first kappa shape index (κ1) is 14.2. The second-order valence-electron chi connectivity index (χ2n) is 4.62. The van der Waals surface area contributed by atoms with Gasteiger partial charge in [0.1, 0.15) is 5.82 Å². The second kappa shape index (κ2) is 6.32. The molecule has 0 radical (unpaired) electrons. The van der Waals surface area contributed by atoms with Crippen LogP contribution in [0.25, 0.3) is 0 Å². The number of rotatable bonds is 5. The fraction of sp³-hybridized carbons (Fsp3) is 0.333. The van der Waals surface area contributed by atoms with E-state index in [1.807, 2.05) is 19.9 Å². The van der Waals surface area contributed by atoms with Crippen LogP contribution in [0.15, 0.2) is 24.3 Å². The standard InChI is InChI=1S/C15H18FN3O/c1-10-8-13(16)5-4-12(10)6-7-17-15-18-11(2)9-14(19-15)20-3/h4-5,8-9H,6-7H2,1-3H3,(H,17,18,19). The summed E-state index contributed by atoms with van der Waals surface area (Å²) in [6.07, 6.45) is 0.783. The maximum absolute atomic E-state index is 13.0. The largest absolute Gasteiger partial charge is 0.481 e. The molecule has 0 aliphatic rings. The van der Waals surface area contributed by atoms with Gasteiger partial charge in [-0.05, 0) is 43.5 Å². The molecule has 0 fully saturated rings. The lowest BCUT2D eigenvalue weighted by Gasteiger charge is -2.09. The molecule has 1 N–H and O–H groups in total. The molecule has 0 unspecified atom stereocenters. The van der Waals surface area contributed by atoms with Gasteiger partial charge < -0.3 is 10.1 Å². The number of hydrogen-bond acceptors (Lipinski definition) is 4. The number of nitrogens with one attached hydrogen (secondary N) is 1. The third kappa shape index (κ3) is 3.66. The SMILES string of the molecule is COc1cc(C)nc(NCCc2ccc(F)cc2C)n1. The van der Waals surface area contributed by atoms with Crippen molar-refractivity contribution < 1.29 is 9.13 Å². The molecule has 1 aromatic heterocycles. The van der Waals surface area contributed by atoms with Crippen LogP contribution in [0.5, 0.6) is 5.88 Å². The Morgan fingerprint density at radius 1 is 1.20 bits per heavy atom. The summed E-state index contributed by atoms with van der Waals surface area (Å²) in [5.41, 5.74) is 2.91. The van der Waals surface area contributed by atoms with Crippen LogP contribution in [-0.4, -0.2) is 23.6 Å². The highest BCUT2D eigenvalue weighted by atomic mass is 19.1. The zero-order valence-corrected chi connectivity index (χ0v) is 11.9. The van der Waals surface area contributed by atoms with Crippen LogP contribution >= 0.6 is 0 Å². The van der Waals surface area contributed by atoms with E-state index in [1.54, 1.807) is 19.2 Å². The Morgan fingerprint density at radius 2 is 2.00 bits per heavy atom. The number of aromatic nitrogens is 2. The minimum absolute atomic E-state index is 0.203. The Morgan fingerprint density at radius 3 is 2.70 bits per heavy atom. The summed E-state index contributed by atoms with van der Waals surface area (Å²) in [6.45, 7) is 4.48. The van der Waals surface area contributed by atoms with E-state index >= 15 is 0 Å². The molecule has 4 nitrogen and oxygen atoms in total. The van der Waals surface area contributed by atoms with E-state index in [0.717, 1.165) is 23.2 Å². The van der Waals surface area contributed by atoms with Crippen molar-refractivity contribution in [3.05, 3.63) is 46.9 Å². The summed E-state index contributed by atoms with van der Waals surface area (Å²) in [4.78, 5) is 8.50. The summed E-state index contributed by atoms with van der Waals surface area (Å²) in [5.74, 6) is 0.880. The summed E-state index contributed by atoms with van der Waals surface area (Å²) in [6, 6.07) is 6.61. The molecule has 2 rings (SSSR count). The number of halogens is 1. The highest BCUT2D eigenvalue weighted by Crippen LogP contribution is 2.13. The first-order valence-corrected chi connectivity index (χ1v) is 6.47. The van der Waals surface area contributed by atoms with Gasteiger partial charge in [-0.1, -0.05) is 6.07 Å². The summed E-state index contributed by atoms with van der Waals surface area (Å²) in [7, 11) is 1.58. The lowest BCUT2D eigenvalue weighted by Crippen LogP contribution is -2.09. The van der Waals surface area contributed by atoms with Crippen LogP contribution in [0.4, 0.5) is 10.3 Å². The van der Waals surface area contributed by atoms with Gasteiger partial charge in [0.15, 0.2) is 0 Å². The van der Waals surface area contributed by atoms with E-state index in [0.29, 0.717) is 18.4 Å². The minimum atomic E-state index is -0.203. The van der Waals surface area contributed by atoms with Crippen molar-refractivity contribution in [3.63, 3.8) is 0 Å². The van der Waals surface area contributed by atoms with E-state index in [1.165, 1.54) is 6.07 Å². The zero-order chi connectivity index (χ0) is 14.5. The van der Waals surface area contributed by atoms with Crippen molar-refractivity contribution in [1.82, 2.24) is 9.97 Å². The lowest BCUT2D eigenvalue weighted by atomic mass is 10.1. The highest BCUT2D eigenvalue weighted by molar-refractivity contribution is 5.32. The molecule has 0 spiro atoms. The van der Waals surface area contributed by atoms with Gasteiger partial charge in [0.2, 0.25) is 11.8 Å². The molecule has 1 heterocycles. The Kier molecular flexibility index (Phi) is 4.50. The second-order valence-corrected chi connectivity index (χ2v) is 4.62. The van der Waals surface area contributed by atoms with Crippen molar-refractivity contribution in [2.45, 2.75) is 20.3 Å². The first-order valence-electron chi connectivity index (χ1n) is 6.47. The lowest BCUT2D eigenvalue weighted by molar-refractivity contribution is 0.397. The molecule has 0 saturated carbocycles.